The summed E-state index contributed by atoms with van der Waals surface area (Å²) in [4.78, 5) is 15.9. The number of aromatic nitrogens is 3. The summed E-state index contributed by atoms with van der Waals surface area (Å²) in [6, 6.07) is 74.1. The summed E-state index contributed by atoms with van der Waals surface area (Å²) >= 11 is 0. The number of fused-ring (bicyclic) bond motifs is 3. The quantitative estimate of drug-likeness (QED) is 0.163. The number of nitriles is 1. The van der Waals surface area contributed by atoms with E-state index in [1.807, 2.05) is 36.4 Å². The lowest BCUT2D eigenvalue weighted by atomic mass is 9.60. The number of hydrogen-bond donors (Lipinski definition) is 0. The van der Waals surface area contributed by atoms with E-state index in [2.05, 4.69) is 176 Å². The highest BCUT2D eigenvalue weighted by molar-refractivity contribution is 5.86. The fraction of sp³-hybridized carbons (Fsp3) is 0.0370. The minimum absolute atomic E-state index is 0.597. The predicted octanol–water partition coefficient (Wildman–Crippen LogP) is 12.6. The molecule has 8 aromatic carbocycles. The molecule has 272 valence electrons. The van der Waals surface area contributed by atoms with Crippen LogP contribution >= 0.6 is 0 Å². The normalized spacial score (nSPS) is 12.5. The molecule has 1 aliphatic rings. The molecule has 4 nitrogen and oxygen atoms in total. The third kappa shape index (κ3) is 6.16. The molecular weight excluding hydrogens is 705 g/mol. The van der Waals surface area contributed by atoms with Gasteiger partial charge < -0.3 is 0 Å². The van der Waals surface area contributed by atoms with Gasteiger partial charge in [0, 0.05) is 22.1 Å². The molecule has 0 saturated heterocycles. The van der Waals surface area contributed by atoms with Crippen LogP contribution in [0, 0.1) is 11.3 Å². The Morgan fingerprint density at radius 1 is 0.379 bits per heavy atom. The van der Waals surface area contributed by atoms with E-state index >= 15 is 0 Å². The predicted molar refractivity (Wildman–Crippen MR) is 234 cm³/mol. The van der Waals surface area contributed by atoms with Crippen LogP contribution in [0.5, 0.6) is 0 Å². The Hall–Kier alpha value is -7.74. The lowest BCUT2D eigenvalue weighted by Gasteiger charge is -2.42. The summed E-state index contributed by atoms with van der Waals surface area (Å²) < 4.78 is 0. The first kappa shape index (κ1) is 34.7. The van der Waals surface area contributed by atoms with Crippen LogP contribution in [0.2, 0.25) is 0 Å². The fourth-order valence-corrected chi connectivity index (χ4v) is 8.62. The third-order valence-electron chi connectivity index (χ3n) is 11.4. The van der Waals surface area contributed by atoms with Gasteiger partial charge in [0.1, 0.15) is 0 Å². The lowest BCUT2D eigenvalue weighted by Crippen LogP contribution is -2.35. The molecule has 0 atom stereocenters. The van der Waals surface area contributed by atoms with Crippen molar-refractivity contribution in [1.29, 1.82) is 5.26 Å². The molecule has 0 radical (unpaired) electrons. The Balaban J connectivity index is 1.24. The Labute approximate surface area is 338 Å². The van der Waals surface area contributed by atoms with E-state index < -0.39 is 5.41 Å². The first-order valence-electron chi connectivity index (χ1n) is 19.5. The fourth-order valence-electron chi connectivity index (χ4n) is 8.62. The van der Waals surface area contributed by atoms with Crippen molar-refractivity contribution in [1.82, 2.24) is 15.0 Å². The van der Waals surface area contributed by atoms with Gasteiger partial charge in [-0.3, -0.25) is 0 Å². The molecule has 0 amide bonds. The smallest absolute Gasteiger partial charge is 0.164 e. The van der Waals surface area contributed by atoms with Gasteiger partial charge in [-0.2, -0.15) is 5.26 Å². The molecule has 1 aliphatic carbocycles. The van der Waals surface area contributed by atoms with Crippen LogP contribution in [0.1, 0.15) is 27.8 Å². The minimum Gasteiger partial charge on any atom is -0.208 e. The second-order valence-electron chi connectivity index (χ2n) is 14.7. The van der Waals surface area contributed by atoms with E-state index in [1.54, 1.807) is 0 Å². The van der Waals surface area contributed by atoms with Gasteiger partial charge >= 0.3 is 0 Å². The molecule has 0 spiro atoms. The highest BCUT2D eigenvalue weighted by Crippen LogP contribution is 2.52. The maximum absolute atomic E-state index is 10.2. The van der Waals surface area contributed by atoms with Crippen molar-refractivity contribution in [2.45, 2.75) is 11.8 Å². The van der Waals surface area contributed by atoms with Crippen molar-refractivity contribution in [2.75, 3.05) is 0 Å². The van der Waals surface area contributed by atoms with E-state index in [0.29, 0.717) is 29.5 Å². The number of rotatable bonds is 7. The highest BCUT2D eigenvalue weighted by Gasteiger charge is 2.43. The molecule has 0 N–H and O–H groups in total. The number of hydrogen-bond acceptors (Lipinski definition) is 4. The number of benzene rings is 8. The lowest BCUT2D eigenvalue weighted by molar-refractivity contribution is 0.606. The van der Waals surface area contributed by atoms with Crippen LogP contribution < -0.4 is 0 Å². The van der Waals surface area contributed by atoms with Crippen LogP contribution in [0.4, 0.5) is 0 Å². The Morgan fingerprint density at radius 2 is 0.845 bits per heavy atom. The monoisotopic (exact) mass is 740 g/mol. The Kier molecular flexibility index (Phi) is 8.82. The van der Waals surface area contributed by atoms with Gasteiger partial charge in [0.05, 0.1) is 11.6 Å². The average molecular weight is 741 g/mol. The molecule has 10 rings (SSSR count). The summed E-state index contributed by atoms with van der Waals surface area (Å²) in [7, 11) is 0. The van der Waals surface area contributed by atoms with Crippen LogP contribution in [0.3, 0.4) is 0 Å². The standard InChI is InChI=1S/C54H36N4/c55-36-37-29-30-47-46-27-16-28-48(49(46)35-54(50(47)31-37,44-23-12-4-13-24-44)45-25-14-5-15-26-45)53-57-51(40-21-10-3-11-22-40)56-52(58-53)43-33-41(38-17-6-1-7-18-38)32-42(34-43)39-19-8-2-9-20-39/h1-34H,35H2. The number of nitrogens with zero attached hydrogens (tertiary/aromatic N) is 4. The van der Waals surface area contributed by atoms with Crippen LogP contribution in [0.25, 0.3) is 67.5 Å². The van der Waals surface area contributed by atoms with Gasteiger partial charge in [-0.05, 0) is 92.4 Å². The van der Waals surface area contributed by atoms with Crippen molar-refractivity contribution < 1.29 is 0 Å². The highest BCUT2D eigenvalue weighted by atomic mass is 15.0. The van der Waals surface area contributed by atoms with Crippen molar-refractivity contribution in [2.24, 2.45) is 0 Å². The summed E-state index contributed by atoms with van der Waals surface area (Å²) in [5, 5.41) is 10.2. The maximum Gasteiger partial charge on any atom is 0.164 e. The van der Waals surface area contributed by atoms with E-state index in [9.17, 15) is 5.26 Å². The summed E-state index contributed by atoms with van der Waals surface area (Å²) in [5.74, 6) is 1.82. The van der Waals surface area contributed by atoms with Crippen molar-refractivity contribution in [3.05, 3.63) is 234 Å². The van der Waals surface area contributed by atoms with E-state index in [0.717, 1.165) is 72.3 Å². The topological polar surface area (TPSA) is 62.5 Å². The summed E-state index contributed by atoms with van der Waals surface area (Å²) in [6.07, 6.45) is 0.637. The zero-order chi connectivity index (χ0) is 38.9. The molecular formula is C54H36N4. The molecule has 58 heavy (non-hydrogen) atoms. The van der Waals surface area contributed by atoms with Crippen LogP contribution in [0.15, 0.2) is 206 Å². The maximum atomic E-state index is 10.2. The third-order valence-corrected chi connectivity index (χ3v) is 11.4. The molecule has 0 bridgehead atoms. The van der Waals surface area contributed by atoms with Crippen molar-refractivity contribution in [3.63, 3.8) is 0 Å². The summed E-state index contributed by atoms with van der Waals surface area (Å²) in [6.45, 7) is 0. The Bertz CT molecular complexity index is 2860. The second-order valence-corrected chi connectivity index (χ2v) is 14.7. The second kappa shape index (κ2) is 14.7. The van der Waals surface area contributed by atoms with Gasteiger partial charge in [0.25, 0.3) is 0 Å². The van der Waals surface area contributed by atoms with Crippen LogP contribution in [-0.4, -0.2) is 15.0 Å². The SMILES string of the molecule is N#Cc1ccc2c(c1)C(c1ccccc1)(c1ccccc1)Cc1c(-c3nc(-c4ccccc4)nc(-c4cc(-c5ccccc5)cc(-c5ccccc5)c4)n3)cccc1-2. The van der Waals surface area contributed by atoms with E-state index in [1.165, 1.54) is 0 Å². The molecule has 0 aliphatic heterocycles. The van der Waals surface area contributed by atoms with Crippen LogP contribution in [-0.2, 0) is 11.8 Å². The minimum atomic E-state index is -0.597. The molecule has 0 fully saturated rings. The van der Waals surface area contributed by atoms with E-state index in [4.69, 9.17) is 15.0 Å². The van der Waals surface area contributed by atoms with Gasteiger partial charge in [-0.1, -0.05) is 176 Å². The van der Waals surface area contributed by atoms with Gasteiger partial charge in [-0.15, -0.1) is 0 Å². The molecule has 0 unspecified atom stereocenters. The zero-order valence-corrected chi connectivity index (χ0v) is 31.6. The molecule has 4 heteroatoms. The van der Waals surface area contributed by atoms with Crippen molar-refractivity contribution in [3.8, 4) is 73.6 Å². The molecule has 9 aromatic rings. The Morgan fingerprint density at radius 3 is 1.40 bits per heavy atom. The largest absolute Gasteiger partial charge is 0.208 e. The molecule has 1 aromatic heterocycles. The van der Waals surface area contributed by atoms with Gasteiger partial charge in [0.2, 0.25) is 0 Å². The zero-order valence-electron chi connectivity index (χ0n) is 31.6. The van der Waals surface area contributed by atoms with E-state index in [-0.39, 0.29) is 0 Å². The average Bonchev–Trinajstić information content (AvgIpc) is 3.32. The first-order valence-corrected chi connectivity index (χ1v) is 19.5. The molecule has 0 saturated carbocycles. The molecule has 1 heterocycles. The van der Waals surface area contributed by atoms with Gasteiger partial charge in [0.15, 0.2) is 17.5 Å². The van der Waals surface area contributed by atoms with Gasteiger partial charge in [-0.25, -0.2) is 15.0 Å². The summed E-state index contributed by atoms with van der Waals surface area (Å²) in [5.41, 5.74) is 14.0. The first-order chi connectivity index (χ1) is 28.7. The van der Waals surface area contributed by atoms with Crippen molar-refractivity contribution >= 4 is 0 Å².